The van der Waals surface area contributed by atoms with Crippen molar-refractivity contribution in [3.8, 4) is 0 Å². The average molecular weight is 237 g/mol. The maximum Gasteiger partial charge on any atom is 0.0671 e. The van der Waals surface area contributed by atoms with Gasteiger partial charge in [-0.3, -0.25) is 0 Å². The van der Waals surface area contributed by atoms with Gasteiger partial charge in [-0.2, -0.15) is 0 Å². The van der Waals surface area contributed by atoms with Crippen molar-refractivity contribution in [2.24, 2.45) is 0 Å². The molecule has 0 aliphatic rings. The highest BCUT2D eigenvalue weighted by Gasteiger charge is 2.11. The molecular formula is C14H23NO2. The van der Waals surface area contributed by atoms with Gasteiger partial charge in [0.25, 0.3) is 0 Å². The van der Waals surface area contributed by atoms with Gasteiger partial charge in [0.05, 0.1) is 18.8 Å². The standard InChI is InChI=1S/C14H23NO2/c1-4-17-12(2)10-15-14(11-16-3)13-8-6-5-7-9-13/h5-9,12,14-15H,4,10-11H2,1-3H3. The Hall–Kier alpha value is -0.900. The third-order valence-corrected chi connectivity index (χ3v) is 2.64. The van der Waals surface area contributed by atoms with Crippen LogP contribution < -0.4 is 5.32 Å². The summed E-state index contributed by atoms with van der Waals surface area (Å²) >= 11 is 0. The van der Waals surface area contributed by atoms with Crippen LogP contribution in [0.25, 0.3) is 0 Å². The lowest BCUT2D eigenvalue weighted by molar-refractivity contribution is 0.0696. The molecule has 0 aliphatic heterocycles. The van der Waals surface area contributed by atoms with Crippen molar-refractivity contribution < 1.29 is 9.47 Å². The Morgan fingerprint density at radius 1 is 1.24 bits per heavy atom. The van der Waals surface area contributed by atoms with Gasteiger partial charge in [-0.15, -0.1) is 0 Å². The Kier molecular flexibility index (Phi) is 6.86. The Labute approximate surface area is 104 Å². The summed E-state index contributed by atoms with van der Waals surface area (Å²) in [4.78, 5) is 0. The van der Waals surface area contributed by atoms with E-state index in [2.05, 4.69) is 24.4 Å². The number of benzene rings is 1. The molecule has 0 bridgehead atoms. The highest BCUT2D eigenvalue weighted by atomic mass is 16.5. The molecule has 17 heavy (non-hydrogen) atoms. The van der Waals surface area contributed by atoms with Gasteiger partial charge in [0.1, 0.15) is 0 Å². The minimum atomic E-state index is 0.225. The number of hydrogen-bond acceptors (Lipinski definition) is 3. The fraction of sp³-hybridized carbons (Fsp3) is 0.571. The van der Waals surface area contributed by atoms with Crippen LogP contribution >= 0.6 is 0 Å². The molecule has 1 rings (SSSR count). The molecule has 0 spiro atoms. The van der Waals surface area contributed by atoms with E-state index in [0.717, 1.165) is 13.2 Å². The van der Waals surface area contributed by atoms with Crippen LogP contribution in [0.2, 0.25) is 0 Å². The fourth-order valence-corrected chi connectivity index (χ4v) is 1.78. The minimum Gasteiger partial charge on any atom is -0.383 e. The normalized spacial score (nSPS) is 14.5. The highest BCUT2D eigenvalue weighted by molar-refractivity contribution is 5.18. The van der Waals surface area contributed by atoms with Crippen LogP contribution in [0.4, 0.5) is 0 Å². The van der Waals surface area contributed by atoms with Gasteiger partial charge in [-0.1, -0.05) is 30.3 Å². The lowest BCUT2D eigenvalue weighted by atomic mass is 10.1. The second-order valence-corrected chi connectivity index (χ2v) is 4.09. The smallest absolute Gasteiger partial charge is 0.0671 e. The summed E-state index contributed by atoms with van der Waals surface area (Å²) in [6, 6.07) is 10.6. The lowest BCUT2D eigenvalue weighted by Crippen LogP contribution is -2.32. The van der Waals surface area contributed by atoms with Gasteiger partial charge in [0, 0.05) is 20.3 Å². The molecule has 1 aromatic rings. The van der Waals surface area contributed by atoms with Crippen LogP contribution in [0.1, 0.15) is 25.5 Å². The van der Waals surface area contributed by atoms with E-state index >= 15 is 0 Å². The summed E-state index contributed by atoms with van der Waals surface area (Å²) < 4.78 is 10.8. The molecule has 0 saturated heterocycles. The molecule has 0 aromatic heterocycles. The zero-order valence-corrected chi connectivity index (χ0v) is 11.0. The third-order valence-electron chi connectivity index (χ3n) is 2.64. The van der Waals surface area contributed by atoms with E-state index in [-0.39, 0.29) is 12.1 Å². The summed E-state index contributed by atoms with van der Waals surface area (Å²) in [6.07, 6.45) is 0.225. The molecule has 3 heteroatoms. The molecule has 3 nitrogen and oxygen atoms in total. The summed E-state index contributed by atoms with van der Waals surface area (Å²) in [5.74, 6) is 0. The number of nitrogens with one attached hydrogen (secondary N) is 1. The van der Waals surface area contributed by atoms with E-state index < -0.39 is 0 Å². The third kappa shape index (κ3) is 5.31. The van der Waals surface area contributed by atoms with Gasteiger partial charge in [0.2, 0.25) is 0 Å². The average Bonchev–Trinajstić information content (AvgIpc) is 2.36. The van der Waals surface area contributed by atoms with Gasteiger partial charge in [0.15, 0.2) is 0 Å². The zero-order valence-electron chi connectivity index (χ0n) is 11.0. The number of ether oxygens (including phenoxy) is 2. The predicted molar refractivity (Wildman–Crippen MR) is 70.1 cm³/mol. The monoisotopic (exact) mass is 237 g/mol. The van der Waals surface area contributed by atoms with Crippen molar-refractivity contribution >= 4 is 0 Å². The van der Waals surface area contributed by atoms with Crippen molar-refractivity contribution in [2.45, 2.75) is 26.0 Å². The molecule has 0 aliphatic carbocycles. The second-order valence-electron chi connectivity index (χ2n) is 4.09. The van der Waals surface area contributed by atoms with E-state index in [9.17, 15) is 0 Å². The second kappa shape index (κ2) is 8.23. The highest BCUT2D eigenvalue weighted by Crippen LogP contribution is 2.12. The maximum absolute atomic E-state index is 5.50. The first kappa shape index (κ1) is 14.2. The first-order valence-electron chi connectivity index (χ1n) is 6.16. The predicted octanol–water partition coefficient (Wildman–Crippen LogP) is 2.39. The summed E-state index contributed by atoms with van der Waals surface area (Å²) in [5.41, 5.74) is 1.25. The SMILES string of the molecule is CCOC(C)CNC(COC)c1ccccc1. The van der Waals surface area contributed by atoms with Crippen LogP contribution in [0, 0.1) is 0 Å². The van der Waals surface area contributed by atoms with Crippen molar-refractivity contribution in [1.82, 2.24) is 5.32 Å². The molecule has 0 saturated carbocycles. The Morgan fingerprint density at radius 2 is 1.94 bits per heavy atom. The van der Waals surface area contributed by atoms with Crippen LogP contribution in [-0.4, -0.2) is 33.0 Å². The first-order chi connectivity index (χ1) is 8.27. The van der Waals surface area contributed by atoms with Crippen LogP contribution in [0.15, 0.2) is 30.3 Å². The van der Waals surface area contributed by atoms with Crippen molar-refractivity contribution in [2.75, 3.05) is 26.9 Å². The van der Waals surface area contributed by atoms with Crippen molar-refractivity contribution in [3.63, 3.8) is 0 Å². The van der Waals surface area contributed by atoms with E-state index in [1.54, 1.807) is 7.11 Å². The molecular weight excluding hydrogens is 214 g/mol. The van der Waals surface area contributed by atoms with E-state index in [4.69, 9.17) is 9.47 Å². The topological polar surface area (TPSA) is 30.5 Å². The molecule has 96 valence electrons. The number of rotatable bonds is 8. The zero-order chi connectivity index (χ0) is 12.5. The molecule has 2 atom stereocenters. The van der Waals surface area contributed by atoms with Crippen LogP contribution in [0.5, 0.6) is 0 Å². The molecule has 0 fully saturated rings. The fourth-order valence-electron chi connectivity index (χ4n) is 1.78. The van der Waals surface area contributed by atoms with Crippen molar-refractivity contribution in [3.05, 3.63) is 35.9 Å². The van der Waals surface area contributed by atoms with E-state index in [0.29, 0.717) is 6.61 Å². The van der Waals surface area contributed by atoms with E-state index in [1.807, 2.05) is 25.1 Å². The lowest BCUT2D eigenvalue weighted by Gasteiger charge is -2.21. The first-order valence-corrected chi connectivity index (χ1v) is 6.16. The molecule has 1 aromatic carbocycles. The van der Waals surface area contributed by atoms with Gasteiger partial charge in [-0.05, 0) is 19.4 Å². The summed E-state index contributed by atoms with van der Waals surface area (Å²) in [5, 5.41) is 3.47. The summed E-state index contributed by atoms with van der Waals surface area (Å²) in [7, 11) is 1.73. The molecule has 2 unspecified atom stereocenters. The van der Waals surface area contributed by atoms with E-state index in [1.165, 1.54) is 5.56 Å². The molecule has 0 amide bonds. The molecule has 0 radical (unpaired) electrons. The Balaban J connectivity index is 2.49. The Bertz CT molecular complexity index is 290. The summed E-state index contributed by atoms with van der Waals surface area (Å²) in [6.45, 7) is 6.34. The van der Waals surface area contributed by atoms with Gasteiger partial charge >= 0.3 is 0 Å². The maximum atomic E-state index is 5.50. The molecule has 0 heterocycles. The number of hydrogen-bond donors (Lipinski definition) is 1. The Morgan fingerprint density at radius 3 is 2.53 bits per heavy atom. The van der Waals surface area contributed by atoms with Gasteiger partial charge < -0.3 is 14.8 Å². The molecule has 1 N–H and O–H groups in total. The quantitative estimate of drug-likeness (QED) is 0.753. The van der Waals surface area contributed by atoms with Gasteiger partial charge in [-0.25, -0.2) is 0 Å². The largest absolute Gasteiger partial charge is 0.383 e. The minimum absolute atomic E-state index is 0.225. The van der Waals surface area contributed by atoms with Crippen LogP contribution in [-0.2, 0) is 9.47 Å². The van der Waals surface area contributed by atoms with Crippen LogP contribution in [0.3, 0.4) is 0 Å². The number of methoxy groups -OCH3 is 1. The van der Waals surface area contributed by atoms with Crippen molar-refractivity contribution in [1.29, 1.82) is 0 Å².